The molecule has 8 nitrogen and oxygen atoms in total. The summed E-state index contributed by atoms with van der Waals surface area (Å²) in [6.07, 6.45) is 5.88. The van der Waals surface area contributed by atoms with Gasteiger partial charge in [-0.15, -0.1) is 5.10 Å². The zero-order valence-corrected chi connectivity index (χ0v) is 12.7. The van der Waals surface area contributed by atoms with E-state index in [4.69, 9.17) is 11.6 Å². The Morgan fingerprint density at radius 2 is 2.29 bits per heavy atom. The van der Waals surface area contributed by atoms with Crippen LogP contribution in [-0.4, -0.2) is 39.0 Å². The van der Waals surface area contributed by atoms with Crippen molar-refractivity contribution in [1.29, 1.82) is 0 Å². The van der Waals surface area contributed by atoms with Gasteiger partial charge in [-0.3, -0.25) is 9.48 Å². The van der Waals surface area contributed by atoms with Gasteiger partial charge in [0.15, 0.2) is 0 Å². The van der Waals surface area contributed by atoms with Gasteiger partial charge in [-0.1, -0.05) is 12.1 Å². The van der Waals surface area contributed by atoms with Gasteiger partial charge in [0.1, 0.15) is 0 Å². The lowest BCUT2D eigenvalue weighted by atomic mass is 10.3. The molecule has 0 radical (unpaired) electrons. The second kappa shape index (κ2) is 8.96. The van der Waals surface area contributed by atoms with Gasteiger partial charge in [0.2, 0.25) is 5.91 Å². The van der Waals surface area contributed by atoms with E-state index in [1.807, 2.05) is 17.8 Å². The number of hydrogen-bond donors (Lipinski definition) is 3. The topological polar surface area (TPSA) is 115 Å². The van der Waals surface area contributed by atoms with Crippen LogP contribution in [0.4, 0.5) is 0 Å². The number of nitrogens with zero attached hydrogens (tertiary/aromatic N) is 4. The van der Waals surface area contributed by atoms with Crippen LogP contribution in [0.15, 0.2) is 18.1 Å². The lowest BCUT2D eigenvalue weighted by Gasteiger charge is -2.15. The van der Waals surface area contributed by atoms with Crippen molar-refractivity contribution >= 4 is 5.91 Å². The summed E-state index contributed by atoms with van der Waals surface area (Å²) in [5.41, 5.74) is 7.23. The molecule has 0 atom stereocenters. The van der Waals surface area contributed by atoms with Crippen molar-refractivity contribution in [3.05, 3.63) is 23.8 Å². The number of carbonyl (C=O) groups excluding carboxylic acids is 1. The minimum atomic E-state index is -0.0296. The summed E-state index contributed by atoms with van der Waals surface area (Å²) in [6.45, 7) is 5.53. The summed E-state index contributed by atoms with van der Waals surface area (Å²) < 4.78 is 1.82. The number of nitrogens with two attached hydrogens (primary N) is 2. The molecular weight excluding hydrogens is 270 g/mol. The van der Waals surface area contributed by atoms with Gasteiger partial charge in [-0.2, -0.15) is 0 Å². The number of hydrazine groups is 1. The largest absolute Gasteiger partial charge is 0.399 e. The predicted molar refractivity (Wildman–Crippen MR) is 80.5 cm³/mol. The number of amides is 1. The molecule has 1 amide bonds. The van der Waals surface area contributed by atoms with Crippen LogP contribution >= 0.6 is 0 Å². The maximum atomic E-state index is 11.1. The first-order chi connectivity index (χ1) is 10.0. The monoisotopic (exact) mass is 295 g/mol. The Morgan fingerprint density at radius 1 is 1.52 bits per heavy atom. The summed E-state index contributed by atoms with van der Waals surface area (Å²) in [5.74, 6) is 5.80. The van der Waals surface area contributed by atoms with Crippen LogP contribution in [0.2, 0.25) is 0 Å². The van der Waals surface area contributed by atoms with Crippen molar-refractivity contribution in [3.8, 4) is 0 Å². The quantitative estimate of drug-likeness (QED) is 0.332. The van der Waals surface area contributed by atoms with Crippen molar-refractivity contribution in [2.75, 3.05) is 13.1 Å². The van der Waals surface area contributed by atoms with E-state index in [0.717, 1.165) is 25.1 Å². The van der Waals surface area contributed by atoms with Gasteiger partial charge in [0.25, 0.3) is 0 Å². The van der Waals surface area contributed by atoms with Gasteiger partial charge in [0.05, 0.1) is 12.2 Å². The Bertz CT molecular complexity index is 469. The van der Waals surface area contributed by atoms with Gasteiger partial charge in [0, 0.05) is 37.6 Å². The first-order valence-corrected chi connectivity index (χ1v) is 7.12. The molecule has 1 aromatic heterocycles. The van der Waals surface area contributed by atoms with Crippen LogP contribution in [0.1, 0.15) is 31.9 Å². The molecule has 21 heavy (non-hydrogen) atoms. The molecule has 1 aromatic rings. The molecule has 0 fully saturated rings. The fraction of sp³-hybridized carbons (Fsp3) is 0.615. The summed E-state index contributed by atoms with van der Waals surface area (Å²) in [6, 6.07) is 0. The molecule has 0 aliphatic heterocycles. The molecular formula is C13H25N7O. The molecule has 0 spiro atoms. The summed E-state index contributed by atoms with van der Waals surface area (Å²) in [5, 5.41) is 12.1. The fourth-order valence-electron chi connectivity index (χ4n) is 1.72. The van der Waals surface area contributed by atoms with E-state index in [0.29, 0.717) is 25.2 Å². The second-order valence-corrected chi connectivity index (χ2v) is 4.90. The Balaban J connectivity index is 2.17. The number of unbranched alkanes of at least 4 members (excludes halogenated alkanes) is 1. The maximum Gasteiger partial charge on any atom is 0.220 e. The van der Waals surface area contributed by atoms with Crippen LogP contribution in [0.25, 0.3) is 0 Å². The fourth-order valence-corrected chi connectivity index (χ4v) is 1.72. The number of aromatic nitrogens is 3. The minimum Gasteiger partial charge on any atom is -0.399 e. The van der Waals surface area contributed by atoms with Crippen LogP contribution in [0, 0.1) is 6.92 Å². The van der Waals surface area contributed by atoms with Crippen molar-refractivity contribution < 1.29 is 4.79 Å². The van der Waals surface area contributed by atoms with Gasteiger partial charge in [-0.25, -0.2) is 5.84 Å². The number of rotatable bonds is 9. The first-order valence-electron chi connectivity index (χ1n) is 7.12. The third-order valence-corrected chi connectivity index (χ3v) is 2.85. The molecule has 1 heterocycles. The highest BCUT2D eigenvalue weighted by Crippen LogP contribution is 1.97. The zero-order chi connectivity index (χ0) is 15.7. The molecule has 0 aromatic carbocycles. The van der Waals surface area contributed by atoms with Crippen molar-refractivity contribution in [3.63, 3.8) is 0 Å². The summed E-state index contributed by atoms with van der Waals surface area (Å²) in [4.78, 5) is 11.1. The number of nitrogens with one attached hydrogen (secondary N) is 1. The molecule has 0 saturated heterocycles. The SMILES string of the molecule is CCC(=O)NC/C(N)=C/N(N)CCCCn1cc(C)nn1. The third kappa shape index (κ3) is 7.31. The Hall–Kier alpha value is -2.09. The van der Waals surface area contributed by atoms with Crippen molar-refractivity contribution in [2.45, 2.75) is 39.7 Å². The Kier molecular flexibility index (Phi) is 7.24. The smallest absolute Gasteiger partial charge is 0.220 e. The van der Waals surface area contributed by atoms with Crippen molar-refractivity contribution in [1.82, 2.24) is 25.3 Å². The van der Waals surface area contributed by atoms with E-state index in [9.17, 15) is 4.79 Å². The highest BCUT2D eigenvalue weighted by molar-refractivity contribution is 5.75. The molecule has 0 aliphatic rings. The maximum absolute atomic E-state index is 11.1. The van der Waals surface area contributed by atoms with Gasteiger partial charge in [-0.05, 0) is 19.8 Å². The normalized spacial score (nSPS) is 11.5. The predicted octanol–water partition coefficient (Wildman–Crippen LogP) is -0.131. The van der Waals surface area contributed by atoms with E-state index >= 15 is 0 Å². The average Bonchev–Trinajstić information content (AvgIpc) is 2.86. The molecule has 0 saturated carbocycles. The van der Waals surface area contributed by atoms with Gasteiger partial charge >= 0.3 is 0 Å². The van der Waals surface area contributed by atoms with Gasteiger partial charge < -0.3 is 16.1 Å². The van der Waals surface area contributed by atoms with Crippen LogP contribution in [0.3, 0.4) is 0 Å². The molecule has 5 N–H and O–H groups in total. The standard InChI is InChI=1S/C13H25N7O/c1-3-13(21)16-8-12(14)10-19(15)6-4-5-7-20-9-11(2)17-18-20/h9-10H,3-8,14-15H2,1-2H3,(H,16,21)/b12-10-. The number of aryl methyl sites for hydroxylation is 2. The second-order valence-electron chi connectivity index (χ2n) is 4.90. The van der Waals surface area contributed by atoms with Crippen LogP contribution in [0.5, 0.6) is 0 Å². The molecule has 0 unspecified atom stereocenters. The number of hydrogen-bond acceptors (Lipinski definition) is 6. The molecule has 1 rings (SSSR count). The van der Waals surface area contributed by atoms with E-state index < -0.39 is 0 Å². The van der Waals surface area contributed by atoms with E-state index in [1.54, 1.807) is 18.1 Å². The average molecular weight is 295 g/mol. The summed E-state index contributed by atoms with van der Waals surface area (Å²) >= 11 is 0. The lowest BCUT2D eigenvalue weighted by Crippen LogP contribution is -2.31. The van der Waals surface area contributed by atoms with Crippen molar-refractivity contribution in [2.24, 2.45) is 11.6 Å². The molecule has 118 valence electrons. The third-order valence-electron chi connectivity index (χ3n) is 2.85. The lowest BCUT2D eigenvalue weighted by molar-refractivity contribution is -0.120. The first kappa shape index (κ1) is 17.0. The zero-order valence-electron chi connectivity index (χ0n) is 12.7. The molecule has 0 bridgehead atoms. The van der Waals surface area contributed by atoms with Crippen LogP contribution < -0.4 is 16.9 Å². The Morgan fingerprint density at radius 3 is 2.90 bits per heavy atom. The summed E-state index contributed by atoms with van der Waals surface area (Å²) in [7, 11) is 0. The molecule has 0 aliphatic carbocycles. The van der Waals surface area contributed by atoms with E-state index in [2.05, 4.69) is 15.6 Å². The van der Waals surface area contributed by atoms with Crippen LogP contribution in [-0.2, 0) is 11.3 Å². The minimum absolute atomic E-state index is 0.0296. The number of carbonyl (C=O) groups is 1. The highest BCUT2D eigenvalue weighted by Gasteiger charge is 2.00. The highest BCUT2D eigenvalue weighted by atomic mass is 16.1. The van der Waals surface area contributed by atoms with E-state index in [1.165, 1.54) is 0 Å². The Labute approximate surface area is 125 Å². The molecule has 8 heteroatoms. The van der Waals surface area contributed by atoms with E-state index in [-0.39, 0.29) is 5.91 Å².